The third-order valence-electron chi connectivity index (χ3n) is 3.82. The van der Waals surface area contributed by atoms with Crippen molar-refractivity contribution in [3.05, 3.63) is 65.4 Å². The number of nitrogens with one attached hydrogen (secondary N) is 1. The molecule has 1 amide bonds. The van der Waals surface area contributed by atoms with E-state index in [1.54, 1.807) is 13.2 Å². The number of ether oxygens (including phenoxy) is 2. The van der Waals surface area contributed by atoms with Crippen molar-refractivity contribution >= 4 is 17.8 Å². The Morgan fingerprint density at radius 2 is 1.96 bits per heavy atom. The maximum atomic E-state index is 12.1. The number of methoxy groups -OCH3 is 1. The topological polar surface area (TPSA) is 59.9 Å². The SMILES string of the molecule is COc1ccc(/C=C2/N=C(CCOc3ccccc3)NC2=O)cc1C. The van der Waals surface area contributed by atoms with Gasteiger partial charge in [0.2, 0.25) is 0 Å². The van der Waals surface area contributed by atoms with Gasteiger partial charge >= 0.3 is 0 Å². The summed E-state index contributed by atoms with van der Waals surface area (Å²) < 4.78 is 10.9. The van der Waals surface area contributed by atoms with E-state index in [2.05, 4.69) is 10.3 Å². The van der Waals surface area contributed by atoms with Crippen molar-refractivity contribution in [1.29, 1.82) is 0 Å². The van der Waals surface area contributed by atoms with Crippen molar-refractivity contribution in [2.24, 2.45) is 4.99 Å². The number of amides is 1. The number of amidine groups is 1. The predicted molar refractivity (Wildman–Crippen MR) is 97.8 cm³/mol. The largest absolute Gasteiger partial charge is 0.496 e. The molecule has 25 heavy (non-hydrogen) atoms. The second-order valence-electron chi connectivity index (χ2n) is 5.68. The number of hydrogen-bond donors (Lipinski definition) is 1. The summed E-state index contributed by atoms with van der Waals surface area (Å²) in [4.78, 5) is 16.4. The van der Waals surface area contributed by atoms with Crippen molar-refractivity contribution in [2.45, 2.75) is 13.3 Å². The summed E-state index contributed by atoms with van der Waals surface area (Å²) in [6.45, 7) is 2.42. The number of benzene rings is 2. The molecule has 1 heterocycles. The van der Waals surface area contributed by atoms with Gasteiger partial charge in [0.25, 0.3) is 5.91 Å². The van der Waals surface area contributed by atoms with E-state index in [0.717, 1.165) is 22.6 Å². The molecule has 2 aromatic rings. The molecule has 5 nitrogen and oxygen atoms in total. The minimum absolute atomic E-state index is 0.191. The summed E-state index contributed by atoms with van der Waals surface area (Å²) in [7, 11) is 1.64. The molecule has 128 valence electrons. The van der Waals surface area contributed by atoms with E-state index in [1.807, 2.05) is 55.5 Å². The average molecular weight is 336 g/mol. The Labute approximate surface area is 147 Å². The first-order valence-corrected chi connectivity index (χ1v) is 8.09. The Balaban J connectivity index is 1.64. The van der Waals surface area contributed by atoms with E-state index >= 15 is 0 Å². The number of hydrogen-bond acceptors (Lipinski definition) is 4. The highest BCUT2D eigenvalue weighted by Crippen LogP contribution is 2.21. The molecule has 0 atom stereocenters. The molecule has 0 aliphatic carbocycles. The standard InChI is InChI=1S/C20H20N2O3/c1-14-12-15(8-9-18(14)24-2)13-17-20(23)22-19(21-17)10-11-25-16-6-4-3-5-7-16/h3-9,12-13H,10-11H2,1-2H3,(H,21,22,23)/b17-13+. The van der Waals surface area contributed by atoms with Crippen LogP contribution in [0.25, 0.3) is 6.08 Å². The van der Waals surface area contributed by atoms with E-state index in [0.29, 0.717) is 24.6 Å². The third kappa shape index (κ3) is 4.26. The van der Waals surface area contributed by atoms with Gasteiger partial charge in [0.1, 0.15) is 23.0 Å². The van der Waals surface area contributed by atoms with Crippen LogP contribution >= 0.6 is 0 Å². The highest BCUT2D eigenvalue weighted by atomic mass is 16.5. The molecule has 1 aliphatic heterocycles. The summed E-state index contributed by atoms with van der Waals surface area (Å²) in [5.41, 5.74) is 2.32. The van der Waals surface area contributed by atoms with Gasteiger partial charge in [-0.1, -0.05) is 24.3 Å². The van der Waals surface area contributed by atoms with Gasteiger partial charge in [0.15, 0.2) is 0 Å². The van der Waals surface area contributed by atoms with Crippen LogP contribution in [0.5, 0.6) is 11.5 Å². The molecule has 5 heteroatoms. The summed E-state index contributed by atoms with van der Waals surface area (Å²) >= 11 is 0. The monoisotopic (exact) mass is 336 g/mol. The average Bonchev–Trinajstić information content (AvgIpc) is 2.95. The summed E-state index contributed by atoms with van der Waals surface area (Å²) in [5, 5.41) is 2.79. The van der Waals surface area contributed by atoms with Crippen molar-refractivity contribution in [2.75, 3.05) is 13.7 Å². The zero-order valence-corrected chi connectivity index (χ0v) is 14.3. The van der Waals surface area contributed by atoms with Gasteiger partial charge in [-0.05, 0) is 48.4 Å². The molecule has 0 bridgehead atoms. The molecule has 0 saturated carbocycles. The number of rotatable bonds is 6. The molecule has 2 aromatic carbocycles. The van der Waals surface area contributed by atoms with Gasteiger partial charge in [-0.3, -0.25) is 4.79 Å². The second-order valence-corrected chi connectivity index (χ2v) is 5.68. The van der Waals surface area contributed by atoms with Gasteiger partial charge in [-0.25, -0.2) is 4.99 Å². The lowest BCUT2D eigenvalue weighted by Gasteiger charge is -2.05. The molecular weight excluding hydrogens is 316 g/mol. The number of nitrogens with zero attached hydrogens (tertiary/aromatic N) is 1. The van der Waals surface area contributed by atoms with E-state index in [1.165, 1.54) is 0 Å². The van der Waals surface area contributed by atoms with Crippen LogP contribution in [0.3, 0.4) is 0 Å². The van der Waals surface area contributed by atoms with Crippen LogP contribution in [0.1, 0.15) is 17.5 Å². The van der Waals surface area contributed by atoms with Crippen LogP contribution in [-0.4, -0.2) is 25.5 Å². The van der Waals surface area contributed by atoms with Gasteiger partial charge in [-0.15, -0.1) is 0 Å². The van der Waals surface area contributed by atoms with Crippen molar-refractivity contribution in [1.82, 2.24) is 5.32 Å². The van der Waals surface area contributed by atoms with Crippen molar-refractivity contribution in [3.8, 4) is 11.5 Å². The van der Waals surface area contributed by atoms with Crippen LogP contribution < -0.4 is 14.8 Å². The Kier molecular flexibility index (Phi) is 5.14. The van der Waals surface area contributed by atoms with Crippen molar-refractivity contribution in [3.63, 3.8) is 0 Å². The van der Waals surface area contributed by atoms with Crippen LogP contribution in [0, 0.1) is 6.92 Å². The lowest BCUT2D eigenvalue weighted by atomic mass is 10.1. The first kappa shape index (κ1) is 16.8. The fraction of sp³-hybridized carbons (Fsp3) is 0.200. The van der Waals surface area contributed by atoms with E-state index in [4.69, 9.17) is 9.47 Å². The van der Waals surface area contributed by atoms with Gasteiger partial charge < -0.3 is 14.8 Å². The molecular formula is C20H20N2O3. The fourth-order valence-corrected chi connectivity index (χ4v) is 2.57. The van der Waals surface area contributed by atoms with Crippen LogP contribution in [0.15, 0.2) is 59.2 Å². The second kappa shape index (κ2) is 7.66. The molecule has 0 spiro atoms. The first-order chi connectivity index (χ1) is 12.2. The van der Waals surface area contributed by atoms with E-state index in [9.17, 15) is 4.79 Å². The smallest absolute Gasteiger partial charge is 0.275 e. The van der Waals surface area contributed by atoms with E-state index in [-0.39, 0.29) is 5.91 Å². The highest BCUT2D eigenvalue weighted by molar-refractivity contribution is 6.14. The molecule has 0 saturated heterocycles. The number of para-hydroxylation sites is 1. The van der Waals surface area contributed by atoms with Crippen LogP contribution in [0.2, 0.25) is 0 Å². The van der Waals surface area contributed by atoms with Gasteiger partial charge in [-0.2, -0.15) is 0 Å². The lowest BCUT2D eigenvalue weighted by Crippen LogP contribution is -2.25. The minimum Gasteiger partial charge on any atom is -0.496 e. The summed E-state index contributed by atoms with van der Waals surface area (Å²) in [6.07, 6.45) is 2.31. The number of carbonyl (C=O) groups is 1. The summed E-state index contributed by atoms with van der Waals surface area (Å²) in [5.74, 6) is 2.05. The molecule has 1 N–H and O–H groups in total. The Morgan fingerprint density at radius 3 is 2.68 bits per heavy atom. The predicted octanol–water partition coefficient (Wildman–Crippen LogP) is 3.34. The summed E-state index contributed by atoms with van der Waals surface area (Å²) in [6, 6.07) is 15.3. The number of aryl methyl sites for hydroxylation is 1. The molecule has 0 radical (unpaired) electrons. The Bertz CT molecular complexity index is 826. The number of aliphatic imine (C=N–C) groups is 1. The molecule has 0 aromatic heterocycles. The Hall–Kier alpha value is -3.08. The quantitative estimate of drug-likeness (QED) is 0.823. The van der Waals surface area contributed by atoms with E-state index < -0.39 is 0 Å². The van der Waals surface area contributed by atoms with Gasteiger partial charge in [0.05, 0.1) is 13.7 Å². The molecule has 3 rings (SSSR count). The molecule has 0 unspecified atom stereocenters. The zero-order chi connectivity index (χ0) is 17.6. The highest BCUT2D eigenvalue weighted by Gasteiger charge is 2.19. The minimum atomic E-state index is -0.191. The number of carbonyl (C=O) groups excluding carboxylic acids is 1. The lowest BCUT2D eigenvalue weighted by molar-refractivity contribution is -0.115. The molecule has 1 aliphatic rings. The van der Waals surface area contributed by atoms with Crippen molar-refractivity contribution < 1.29 is 14.3 Å². The van der Waals surface area contributed by atoms with Crippen LogP contribution in [0.4, 0.5) is 0 Å². The zero-order valence-electron chi connectivity index (χ0n) is 14.3. The maximum absolute atomic E-state index is 12.1. The molecule has 0 fully saturated rings. The Morgan fingerprint density at radius 1 is 1.16 bits per heavy atom. The maximum Gasteiger partial charge on any atom is 0.275 e. The van der Waals surface area contributed by atoms with Crippen LogP contribution in [-0.2, 0) is 4.79 Å². The van der Waals surface area contributed by atoms with Gasteiger partial charge in [0, 0.05) is 6.42 Å². The first-order valence-electron chi connectivity index (χ1n) is 8.09. The third-order valence-corrected chi connectivity index (χ3v) is 3.82. The normalized spacial score (nSPS) is 15.0. The fourth-order valence-electron chi connectivity index (χ4n) is 2.57.